The predicted molar refractivity (Wildman–Crippen MR) is 192 cm³/mol. The van der Waals surface area contributed by atoms with Gasteiger partial charge in [-0.2, -0.15) is 10.2 Å². The van der Waals surface area contributed by atoms with E-state index in [1.165, 1.54) is 19.1 Å². The molecule has 8 rings (SSSR count). The predicted octanol–water partition coefficient (Wildman–Crippen LogP) is 6.09. The van der Waals surface area contributed by atoms with Gasteiger partial charge in [0.05, 0.1) is 51.8 Å². The molecule has 0 bridgehead atoms. The number of rotatable bonds is 12. The lowest BCUT2D eigenvalue weighted by Gasteiger charge is -2.35. The number of carbonyl (C=O) groups excluding carboxylic acids is 1. The lowest BCUT2D eigenvalue weighted by atomic mass is 9.76. The summed E-state index contributed by atoms with van der Waals surface area (Å²) in [5, 5.41) is 11.2. The molecule has 4 heterocycles. The molecule has 4 aliphatic rings. The number of hydrogen-bond donors (Lipinski definition) is 4. The number of aromatic nitrogens is 3. The quantitative estimate of drug-likeness (QED) is 0.126. The molecule has 1 amide bonds. The first-order valence-corrected chi connectivity index (χ1v) is 19.8. The number of anilines is 2. The second-order valence-corrected chi connectivity index (χ2v) is 17.0. The lowest BCUT2D eigenvalue weighted by Crippen LogP contribution is -2.53. The molecule has 2 fully saturated rings. The number of hydrazine groups is 1. The van der Waals surface area contributed by atoms with Crippen molar-refractivity contribution in [2.45, 2.75) is 63.7 Å². The van der Waals surface area contributed by atoms with Crippen LogP contribution in [0.5, 0.6) is 0 Å². The minimum atomic E-state index is -4.01. The molecule has 304 valence electrons. The summed E-state index contributed by atoms with van der Waals surface area (Å²) in [5.74, 6) is -8.61. The minimum Gasteiger partial charge on any atom is -0.346 e. The van der Waals surface area contributed by atoms with E-state index in [1.807, 2.05) is 0 Å². The normalized spacial score (nSPS) is 23.7. The van der Waals surface area contributed by atoms with Crippen LogP contribution < -0.4 is 20.9 Å². The highest BCUT2D eigenvalue weighted by molar-refractivity contribution is 7.92. The van der Waals surface area contributed by atoms with E-state index in [9.17, 15) is 39.6 Å². The number of benzene rings is 2. The van der Waals surface area contributed by atoms with Crippen molar-refractivity contribution in [3.8, 4) is 11.1 Å². The summed E-state index contributed by atoms with van der Waals surface area (Å²) in [6.07, 6.45) is -5.66. The van der Waals surface area contributed by atoms with E-state index in [1.54, 1.807) is 6.07 Å². The Morgan fingerprint density at radius 1 is 1.07 bits per heavy atom. The van der Waals surface area contributed by atoms with E-state index in [0.717, 1.165) is 23.1 Å². The molecule has 2 aliphatic carbocycles. The number of sulfonamides is 1. The van der Waals surface area contributed by atoms with Crippen LogP contribution in [0.3, 0.4) is 0 Å². The Morgan fingerprint density at radius 2 is 1.79 bits per heavy atom. The highest BCUT2D eigenvalue weighted by atomic mass is 35.5. The Bertz CT molecular complexity index is 2450. The van der Waals surface area contributed by atoms with Crippen LogP contribution in [-0.4, -0.2) is 77.4 Å². The Hall–Kier alpha value is -4.76. The second kappa shape index (κ2) is 13.7. The van der Waals surface area contributed by atoms with Crippen molar-refractivity contribution in [1.82, 2.24) is 30.5 Å². The molecule has 5 atom stereocenters. The van der Waals surface area contributed by atoms with Crippen LogP contribution in [0.25, 0.3) is 22.0 Å². The molecule has 2 aromatic carbocycles. The average molecular weight is 846 g/mol. The van der Waals surface area contributed by atoms with Crippen LogP contribution in [0.15, 0.2) is 41.5 Å². The number of hydrogen-bond acceptors (Lipinski definition) is 9. The van der Waals surface area contributed by atoms with Crippen LogP contribution in [0.4, 0.5) is 46.6 Å². The third kappa shape index (κ3) is 6.79. The second-order valence-electron chi connectivity index (χ2n) is 14.8. The van der Waals surface area contributed by atoms with Crippen molar-refractivity contribution >= 4 is 55.7 Å². The van der Waals surface area contributed by atoms with Gasteiger partial charge in [-0.05, 0) is 48.6 Å². The summed E-state index contributed by atoms with van der Waals surface area (Å²) in [7, 11) is -4.01. The van der Waals surface area contributed by atoms with E-state index < -0.39 is 94.5 Å². The monoisotopic (exact) mass is 845 g/mol. The largest absolute Gasteiger partial charge is 0.346 e. The summed E-state index contributed by atoms with van der Waals surface area (Å²) < 4.78 is 145. The first kappa shape index (κ1) is 39.1. The van der Waals surface area contributed by atoms with Gasteiger partial charge < -0.3 is 10.7 Å². The van der Waals surface area contributed by atoms with Crippen molar-refractivity contribution in [2.75, 3.05) is 22.9 Å². The first-order valence-electron chi connectivity index (χ1n) is 17.5. The van der Waals surface area contributed by atoms with Gasteiger partial charge in [-0.25, -0.2) is 49.0 Å². The SMILES string of the molecule is CC12C(C(F)F)=NN(CC(=O)NC(Cc3cc(F)cc(F)c3)c3nc4c(cc3-c3ccc(Cl)c5c(NS(C)(=O)=O)nn(CC(F)F)c35)NNC4)C1C(F)(F)[C@@H]1C[C@@H]12. The van der Waals surface area contributed by atoms with Crippen molar-refractivity contribution in [3.63, 3.8) is 0 Å². The van der Waals surface area contributed by atoms with Gasteiger partial charge in [0, 0.05) is 28.5 Å². The molecule has 2 saturated carbocycles. The smallest absolute Gasteiger partial charge is 0.278 e. The Labute approximate surface area is 324 Å². The zero-order valence-electron chi connectivity index (χ0n) is 29.7. The van der Waals surface area contributed by atoms with Crippen LogP contribution >= 0.6 is 11.6 Å². The number of hydrazone groups is 1. The summed E-state index contributed by atoms with van der Waals surface area (Å²) >= 11 is 6.54. The maximum Gasteiger partial charge on any atom is 0.278 e. The van der Waals surface area contributed by atoms with E-state index in [2.05, 4.69) is 31.1 Å². The third-order valence-electron chi connectivity index (χ3n) is 10.9. The number of alkyl halides is 6. The molecule has 3 unspecified atom stereocenters. The van der Waals surface area contributed by atoms with E-state index >= 15 is 8.78 Å². The topological polar surface area (TPSA) is 146 Å². The molecule has 4 aromatic rings. The maximum atomic E-state index is 15.7. The Balaban J connectivity index is 1.26. The number of nitrogens with one attached hydrogen (secondary N) is 4. The highest BCUT2D eigenvalue weighted by Gasteiger charge is 2.80. The minimum absolute atomic E-state index is 0.00113. The number of nitrogens with zero attached hydrogens (tertiary/aromatic N) is 5. The molecule has 57 heavy (non-hydrogen) atoms. The van der Waals surface area contributed by atoms with Crippen LogP contribution in [-0.2, 0) is 34.3 Å². The number of pyridine rings is 1. The molecule has 2 aromatic heterocycles. The van der Waals surface area contributed by atoms with Crippen molar-refractivity contribution in [1.29, 1.82) is 0 Å². The first-order chi connectivity index (χ1) is 26.8. The molecular weight excluding hydrogens is 814 g/mol. The standard InChI is InChI=1S/C35H32ClF8N9O3S/c1-34-19-10-20(19)35(43,44)33(34)53(49-30(34)31(41)42)13-26(54)46-23(7-14-5-15(37)8-16(38)6-14)28-18(9-22-24(47-28)11-45-48-22)17-3-4-21(36)27-29(17)52(12-25(39)40)50-32(27)51-57(2,55)56/h3-6,8-9,19-20,23,25,31,33,45,48H,7,10-13H2,1-2H3,(H,46,54)(H,50,51)/t19-,20+,23?,33?,34?/m0/s1. The summed E-state index contributed by atoms with van der Waals surface area (Å²) in [4.78, 5) is 18.8. The maximum absolute atomic E-state index is 15.7. The van der Waals surface area contributed by atoms with Gasteiger partial charge in [0.25, 0.3) is 18.8 Å². The molecule has 22 heteroatoms. The van der Waals surface area contributed by atoms with E-state index in [0.29, 0.717) is 22.5 Å². The molecule has 2 aliphatic heterocycles. The number of halogens is 9. The molecule has 12 nitrogen and oxygen atoms in total. The van der Waals surface area contributed by atoms with E-state index in [4.69, 9.17) is 16.6 Å². The summed E-state index contributed by atoms with van der Waals surface area (Å²) in [6, 6.07) is 3.76. The van der Waals surface area contributed by atoms with Gasteiger partial charge >= 0.3 is 0 Å². The van der Waals surface area contributed by atoms with Gasteiger partial charge in [-0.3, -0.25) is 24.2 Å². The van der Waals surface area contributed by atoms with Gasteiger partial charge in [-0.1, -0.05) is 24.6 Å². The van der Waals surface area contributed by atoms with Gasteiger partial charge in [0.2, 0.25) is 15.9 Å². The number of amides is 1. The lowest BCUT2D eigenvalue weighted by molar-refractivity contribution is -0.128. The van der Waals surface area contributed by atoms with Crippen molar-refractivity contribution in [2.24, 2.45) is 22.4 Å². The third-order valence-corrected chi connectivity index (χ3v) is 11.8. The zero-order chi connectivity index (χ0) is 40.9. The van der Waals surface area contributed by atoms with Gasteiger partial charge in [0.1, 0.15) is 36.5 Å². The number of carbonyl (C=O) groups is 1. The fraction of sp³-hybridized carbons (Fsp3) is 0.429. The zero-order valence-corrected chi connectivity index (χ0v) is 31.3. The van der Waals surface area contributed by atoms with Gasteiger partial charge in [-0.15, -0.1) is 0 Å². The fourth-order valence-corrected chi connectivity index (χ4v) is 9.46. The molecule has 0 radical (unpaired) electrons. The highest BCUT2D eigenvalue weighted by Crippen LogP contribution is 2.71. The molecular formula is C35H32ClF8N9O3S. The van der Waals surface area contributed by atoms with Crippen molar-refractivity contribution < 1.29 is 48.3 Å². The summed E-state index contributed by atoms with van der Waals surface area (Å²) in [6.45, 7) is -0.486. The van der Waals surface area contributed by atoms with Gasteiger partial charge in [0.15, 0.2) is 5.82 Å². The van der Waals surface area contributed by atoms with Crippen molar-refractivity contribution in [3.05, 3.63) is 70.0 Å². The Kier molecular flexibility index (Phi) is 9.38. The molecule has 0 saturated heterocycles. The Morgan fingerprint density at radius 3 is 2.46 bits per heavy atom. The number of fused-ring (bicyclic) bond motifs is 5. The van der Waals surface area contributed by atoms with Crippen LogP contribution in [0.2, 0.25) is 5.02 Å². The summed E-state index contributed by atoms with van der Waals surface area (Å²) in [5.41, 5.74) is 4.33. The van der Waals surface area contributed by atoms with E-state index in [-0.39, 0.29) is 63.5 Å². The fourth-order valence-electron chi connectivity index (χ4n) is 8.73. The van der Waals surface area contributed by atoms with Crippen LogP contribution in [0.1, 0.15) is 36.3 Å². The molecule has 0 spiro atoms. The average Bonchev–Trinajstić information content (AvgIpc) is 3.47. The van der Waals surface area contributed by atoms with Crippen LogP contribution in [0, 0.1) is 28.9 Å². The molecule has 4 N–H and O–H groups in total.